The minimum Gasteiger partial charge on any atom is -0.480 e. The fourth-order valence-electron chi connectivity index (χ4n) is 2.79. The highest BCUT2D eigenvalue weighted by Gasteiger charge is 2.23. The van der Waals surface area contributed by atoms with E-state index in [1.54, 1.807) is 6.92 Å². The highest BCUT2D eigenvalue weighted by molar-refractivity contribution is 7.18. The Kier molecular flexibility index (Phi) is 5.96. The van der Waals surface area contributed by atoms with Crippen LogP contribution in [0.25, 0.3) is 10.4 Å². The van der Waals surface area contributed by atoms with Crippen molar-refractivity contribution in [2.24, 2.45) is 0 Å². The number of ether oxygens (including phenoxy) is 1. The van der Waals surface area contributed by atoms with Crippen molar-refractivity contribution in [3.63, 3.8) is 0 Å². The van der Waals surface area contributed by atoms with E-state index in [2.05, 4.69) is 5.32 Å². The first-order chi connectivity index (χ1) is 13.5. The molecule has 0 atom stereocenters. The van der Waals surface area contributed by atoms with Gasteiger partial charge in [-0.3, -0.25) is 0 Å². The molecule has 3 N–H and O–H groups in total. The van der Waals surface area contributed by atoms with E-state index in [9.17, 15) is 14.7 Å². The Balaban J connectivity index is 1.87. The summed E-state index contributed by atoms with van der Waals surface area (Å²) < 4.78 is 5.24. The number of rotatable bonds is 8. The third-order valence-corrected chi connectivity index (χ3v) is 5.40. The standard InChI is InChI=1S/C21H19NO5S/c1-13-18(27-12-17(23)24)20(21(25)26)28-19(13)15-8-5-9-16(10-15)22-11-14-6-3-2-4-7-14/h2-10,22H,11-12H2,1H3,(H,23,24)(H,25,26). The topological polar surface area (TPSA) is 95.9 Å². The zero-order valence-corrected chi connectivity index (χ0v) is 16.0. The molecule has 2 aromatic carbocycles. The Morgan fingerprint density at radius 1 is 1.07 bits per heavy atom. The number of aliphatic carboxylic acids is 1. The Bertz CT molecular complexity index is 997. The molecule has 6 nitrogen and oxygen atoms in total. The third kappa shape index (κ3) is 4.50. The summed E-state index contributed by atoms with van der Waals surface area (Å²) in [5.74, 6) is -2.19. The van der Waals surface area contributed by atoms with Crippen LogP contribution in [0.3, 0.4) is 0 Å². The van der Waals surface area contributed by atoms with E-state index >= 15 is 0 Å². The van der Waals surface area contributed by atoms with Crippen LogP contribution in [0.2, 0.25) is 0 Å². The largest absolute Gasteiger partial charge is 0.480 e. The fourth-order valence-corrected chi connectivity index (χ4v) is 3.88. The van der Waals surface area contributed by atoms with Crippen LogP contribution in [0.1, 0.15) is 20.8 Å². The Labute approximate surface area is 166 Å². The number of aromatic carboxylic acids is 1. The van der Waals surface area contributed by atoms with Crippen molar-refractivity contribution < 1.29 is 24.5 Å². The number of nitrogens with one attached hydrogen (secondary N) is 1. The molecule has 0 aliphatic rings. The van der Waals surface area contributed by atoms with Crippen molar-refractivity contribution >= 4 is 29.0 Å². The van der Waals surface area contributed by atoms with Crippen LogP contribution >= 0.6 is 11.3 Å². The lowest BCUT2D eigenvalue weighted by Crippen LogP contribution is -2.11. The molecular formula is C21H19NO5S. The van der Waals surface area contributed by atoms with Crippen LogP contribution in [0.4, 0.5) is 5.69 Å². The molecule has 144 valence electrons. The zero-order valence-electron chi connectivity index (χ0n) is 15.1. The molecule has 0 bridgehead atoms. The molecule has 0 saturated heterocycles. The van der Waals surface area contributed by atoms with Crippen molar-refractivity contribution in [1.29, 1.82) is 0 Å². The Morgan fingerprint density at radius 2 is 1.82 bits per heavy atom. The third-order valence-electron chi connectivity index (χ3n) is 4.09. The second-order valence-electron chi connectivity index (χ2n) is 6.12. The van der Waals surface area contributed by atoms with Gasteiger partial charge in [-0.15, -0.1) is 11.3 Å². The molecule has 0 spiro atoms. The van der Waals surface area contributed by atoms with Gasteiger partial charge in [0.05, 0.1) is 0 Å². The summed E-state index contributed by atoms with van der Waals surface area (Å²) in [7, 11) is 0. The van der Waals surface area contributed by atoms with Gasteiger partial charge in [-0.05, 0) is 30.2 Å². The van der Waals surface area contributed by atoms with Gasteiger partial charge in [0, 0.05) is 22.7 Å². The van der Waals surface area contributed by atoms with Crippen molar-refractivity contribution in [3.8, 4) is 16.2 Å². The maximum absolute atomic E-state index is 11.6. The molecule has 3 rings (SSSR count). The summed E-state index contributed by atoms with van der Waals surface area (Å²) in [6.45, 7) is 1.82. The summed E-state index contributed by atoms with van der Waals surface area (Å²) in [6.07, 6.45) is 0. The van der Waals surface area contributed by atoms with Gasteiger partial charge in [-0.1, -0.05) is 42.5 Å². The van der Waals surface area contributed by atoms with Gasteiger partial charge in [0.15, 0.2) is 11.5 Å². The van der Waals surface area contributed by atoms with Crippen LogP contribution in [-0.4, -0.2) is 28.8 Å². The van der Waals surface area contributed by atoms with Crippen LogP contribution in [-0.2, 0) is 11.3 Å². The number of thiophene rings is 1. The lowest BCUT2D eigenvalue weighted by atomic mass is 10.1. The second-order valence-corrected chi connectivity index (χ2v) is 7.14. The van der Waals surface area contributed by atoms with Crippen LogP contribution in [0.5, 0.6) is 5.75 Å². The van der Waals surface area contributed by atoms with E-state index in [1.807, 2.05) is 54.6 Å². The highest BCUT2D eigenvalue weighted by atomic mass is 32.1. The first-order valence-electron chi connectivity index (χ1n) is 8.55. The molecule has 0 amide bonds. The van der Waals surface area contributed by atoms with E-state index in [4.69, 9.17) is 9.84 Å². The lowest BCUT2D eigenvalue weighted by Gasteiger charge is -2.09. The Morgan fingerprint density at radius 3 is 2.50 bits per heavy atom. The molecule has 0 aliphatic carbocycles. The van der Waals surface area contributed by atoms with Crippen LogP contribution < -0.4 is 10.1 Å². The molecule has 1 aromatic heterocycles. The van der Waals surface area contributed by atoms with Gasteiger partial charge < -0.3 is 20.3 Å². The number of anilines is 1. The van der Waals surface area contributed by atoms with Gasteiger partial charge in [0.2, 0.25) is 0 Å². The molecule has 0 fully saturated rings. The first kappa shape index (κ1) is 19.4. The molecule has 0 aliphatic heterocycles. The second kappa shape index (κ2) is 8.58. The molecule has 3 aromatic rings. The summed E-state index contributed by atoms with van der Waals surface area (Å²) in [5.41, 5.74) is 3.51. The summed E-state index contributed by atoms with van der Waals surface area (Å²) >= 11 is 1.08. The number of hydrogen-bond acceptors (Lipinski definition) is 5. The van der Waals surface area contributed by atoms with Crippen molar-refractivity contribution in [2.75, 3.05) is 11.9 Å². The molecule has 1 heterocycles. The van der Waals surface area contributed by atoms with E-state index in [1.165, 1.54) is 0 Å². The summed E-state index contributed by atoms with van der Waals surface area (Å²) in [6, 6.07) is 17.6. The van der Waals surface area contributed by atoms with Crippen LogP contribution in [0.15, 0.2) is 54.6 Å². The van der Waals surface area contributed by atoms with Gasteiger partial charge in [0.1, 0.15) is 5.75 Å². The van der Waals surface area contributed by atoms with Gasteiger partial charge in [-0.25, -0.2) is 9.59 Å². The minimum absolute atomic E-state index is 0.00334. The van der Waals surface area contributed by atoms with E-state index in [0.29, 0.717) is 12.1 Å². The molecular weight excluding hydrogens is 378 g/mol. The number of carboxylic acids is 2. The number of benzene rings is 2. The van der Waals surface area contributed by atoms with E-state index in [0.717, 1.165) is 33.0 Å². The van der Waals surface area contributed by atoms with Gasteiger partial charge in [-0.2, -0.15) is 0 Å². The SMILES string of the molecule is Cc1c(-c2cccc(NCc3ccccc3)c2)sc(C(=O)O)c1OCC(=O)O. The number of hydrogen-bond donors (Lipinski definition) is 3. The predicted octanol–water partition coefficient (Wildman–Crippen LogP) is 4.50. The average molecular weight is 397 g/mol. The summed E-state index contributed by atoms with van der Waals surface area (Å²) in [5, 5.41) is 21.6. The first-order valence-corrected chi connectivity index (χ1v) is 9.37. The molecule has 7 heteroatoms. The smallest absolute Gasteiger partial charge is 0.349 e. The van der Waals surface area contributed by atoms with E-state index < -0.39 is 18.5 Å². The van der Waals surface area contributed by atoms with Gasteiger partial charge >= 0.3 is 11.9 Å². The maximum atomic E-state index is 11.6. The van der Waals surface area contributed by atoms with Crippen molar-refractivity contribution in [2.45, 2.75) is 13.5 Å². The fraction of sp³-hybridized carbons (Fsp3) is 0.143. The molecule has 0 radical (unpaired) electrons. The highest BCUT2D eigenvalue weighted by Crippen LogP contribution is 2.42. The van der Waals surface area contributed by atoms with Crippen molar-refractivity contribution in [1.82, 2.24) is 0 Å². The molecule has 28 heavy (non-hydrogen) atoms. The average Bonchev–Trinajstić information content (AvgIpc) is 3.02. The maximum Gasteiger partial charge on any atom is 0.349 e. The number of carbonyl (C=O) groups is 2. The van der Waals surface area contributed by atoms with Crippen molar-refractivity contribution in [3.05, 3.63) is 70.6 Å². The normalized spacial score (nSPS) is 10.5. The predicted molar refractivity (Wildman–Crippen MR) is 108 cm³/mol. The molecule has 0 unspecified atom stereocenters. The quantitative estimate of drug-likeness (QED) is 0.518. The van der Waals surface area contributed by atoms with Gasteiger partial charge in [0.25, 0.3) is 0 Å². The Hall–Kier alpha value is -3.32. The van der Waals surface area contributed by atoms with E-state index in [-0.39, 0.29) is 10.6 Å². The molecule has 0 saturated carbocycles. The monoisotopic (exact) mass is 397 g/mol. The summed E-state index contributed by atoms with van der Waals surface area (Å²) in [4.78, 5) is 23.1. The lowest BCUT2D eigenvalue weighted by molar-refractivity contribution is -0.139. The zero-order chi connectivity index (χ0) is 20.1. The minimum atomic E-state index is -1.16. The number of carboxylic acid groups (broad SMARTS) is 2. The van der Waals surface area contributed by atoms with Crippen LogP contribution in [0, 0.1) is 6.92 Å².